The van der Waals surface area contributed by atoms with Gasteiger partial charge < -0.3 is 14.4 Å². The van der Waals surface area contributed by atoms with E-state index in [-0.39, 0.29) is 24.9 Å². The van der Waals surface area contributed by atoms with E-state index in [9.17, 15) is 13.6 Å². The van der Waals surface area contributed by atoms with Crippen LogP contribution in [0, 0.1) is 11.6 Å². The van der Waals surface area contributed by atoms with E-state index in [4.69, 9.17) is 9.47 Å². The molecule has 0 saturated carbocycles. The van der Waals surface area contributed by atoms with Crippen LogP contribution in [0.1, 0.15) is 18.4 Å². The van der Waals surface area contributed by atoms with E-state index >= 15 is 0 Å². The molecule has 7 heteroatoms. The molecule has 1 amide bonds. The van der Waals surface area contributed by atoms with E-state index in [1.54, 1.807) is 0 Å². The molecule has 2 saturated heterocycles. The molecule has 5 nitrogen and oxygen atoms in total. The predicted octanol–water partition coefficient (Wildman–Crippen LogP) is 1.85. The zero-order valence-corrected chi connectivity index (χ0v) is 15.0. The predicted molar refractivity (Wildman–Crippen MR) is 92.9 cm³/mol. The summed E-state index contributed by atoms with van der Waals surface area (Å²) < 4.78 is 38.0. The van der Waals surface area contributed by atoms with Crippen molar-refractivity contribution in [3.63, 3.8) is 0 Å². The number of rotatable bonds is 5. The Balaban J connectivity index is 1.51. The third kappa shape index (κ3) is 5.46. The molecule has 1 aromatic carbocycles. The number of hydrogen-bond donors (Lipinski definition) is 0. The molecule has 2 aliphatic rings. The molecule has 0 unspecified atom stereocenters. The van der Waals surface area contributed by atoms with Crippen LogP contribution in [0.25, 0.3) is 0 Å². The quantitative estimate of drug-likeness (QED) is 0.796. The Bertz CT molecular complexity index is 608. The van der Waals surface area contributed by atoms with Gasteiger partial charge in [-0.25, -0.2) is 8.78 Å². The number of hydrogen-bond acceptors (Lipinski definition) is 4. The zero-order valence-electron chi connectivity index (χ0n) is 15.0. The van der Waals surface area contributed by atoms with Gasteiger partial charge in [0, 0.05) is 51.8 Å². The lowest BCUT2D eigenvalue weighted by Crippen LogP contribution is -2.45. The van der Waals surface area contributed by atoms with Crippen LogP contribution in [0.4, 0.5) is 8.78 Å². The number of benzene rings is 1. The van der Waals surface area contributed by atoms with Crippen LogP contribution in [0.3, 0.4) is 0 Å². The van der Waals surface area contributed by atoms with Crippen molar-refractivity contribution in [3.05, 3.63) is 35.4 Å². The van der Waals surface area contributed by atoms with Crippen molar-refractivity contribution in [2.75, 3.05) is 52.5 Å². The smallest absolute Gasteiger partial charge is 0.222 e. The van der Waals surface area contributed by atoms with Crippen molar-refractivity contribution >= 4 is 5.91 Å². The molecule has 2 heterocycles. The zero-order chi connectivity index (χ0) is 18.4. The molecule has 1 aromatic rings. The Morgan fingerprint density at radius 1 is 1.15 bits per heavy atom. The molecular formula is C19H26F2N2O3. The lowest BCUT2D eigenvalue weighted by Gasteiger charge is -2.31. The van der Waals surface area contributed by atoms with Crippen molar-refractivity contribution < 1.29 is 23.0 Å². The van der Waals surface area contributed by atoms with Gasteiger partial charge in [-0.1, -0.05) is 6.07 Å². The summed E-state index contributed by atoms with van der Waals surface area (Å²) in [7, 11) is 0. The molecule has 144 valence electrons. The summed E-state index contributed by atoms with van der Waals surface area (Å²) in [4.78, 5) is 16.7. The van der Waals surface area contributed by atoms with Crippen molar-refractivity contribution in [1.82, 2.24) is 9.80 Å². The molecule has 0 N–H and O–H groups in total. The number of nitrogens with zero attached hydrogens (tertiary/aromatic N) is 2. The summed E-state index contributed by atoms with van der Waals surface area (Å²) >= 11 is 0. The standard InChI is InChI=1S/C19H26F2N2O3/c20-16-4-2-15(18(21)12-16)3-5-19(24)23-6-1-9-26-17(14-23)13-22-7-10-25-11-8-22/h2,4,12,17H,1,3,5-11,13-14H2/t17-/m0/s1. The van der Waals surface area contributed by atoms with Crippen molar-refractivity contribution in [3.8, 4) is 0 Å². The second-order valence-electron chi connectivity index (χ2n) is 6.83. The van der Waals surface area contributed by atoms with Gasteiger partial charge in [-0.3, -0.25) is 9.69 Å². The molecule has 26 heavy (non-hydrogen) atoms. The van der Waals surface area contributed by atoms with Gasteiger partial charge in [0.15, 0.2) is 0 Å². The largest absolute Gasteiger partial charge is 0.379 e. The van der Waals surface area contributed by atoms with Crippen LogP contribution in [0.2, 0.25) is 0 Å². The van der Waals surface area contributed by atoms with Crippen LogP contribution >= 0.6 is 0 Å². The summed E-state index contributed by atoms with van der Waals surface area (Å²) in [5.41, 5.74) is 0.371. The van der Waals surface area contributed by atoms with Crippen molar-refractivity contribution in [2.45, 2.75) is 25.4 Å². The minimum Gasteiger partial charge on any atom is -0.379 e. The average molecular weight is 368 g/mol. The third-order valence-corrected chi connectivity index (χ3v) is 4.89. The van der Waals surface area contributed by atoms with E-state index in [2.05, 4.69) is 4.90 Å². The number of aryl methyl sites for hydroxylation is 1. The molecule has 0 aromatic heterocycles. The fourth-order valence-corrected chi connectivity index (χ4v) is 3.43. The average Bonchev–Trinajstić information content (AvgIpc) is 2.87. The number of carbonyl (C=O) groups excluding carboxylic acids is 1. The lowest BCUT2D eigenvalue weighted by molar-refractivity contribution is -0.132. The fourth-order valence-electron chi connectivity index (χ4n) is 3.43. The first-order valence-corrected chi connectivity index (χ1v) is 9.25. The van der Waals surface area contributed by atoms with Gasteiger partial charge in [-0.05, 0) is 24.5 Å². The molecule has 1 atom stereocenters. The van der Waals surface area contributed by atoms with Crippen LogP contribution in [0.5, 0.6) is 0 Å². The molecule has 0 bridgehead atoms. The minimum atomic E-state index is -0.604. The SMILES string of the molecule is O=C(CCc1ccc(F)cc1F)N1CCCO[C@@H](CN2CCOCC2)C1. The normalized spacial score (nSPS) is 22.2. The van der Waals surface area contributed by atoms with E-state index in [1.165, 1.54) is 12.1 Å². The minimum absolute atomic E-state index is 0.00815. The van der Waals surface area contributed by atoms with E-state index < -0.39 is 11.6 Å². The number of amides is 1. The first kappa shape index (κ1) is 19.2. The highest BCUT2D eigenvalue weighted by Gasteiger charge is 2.25. The van der Waals surface area contributed by atoms with E-state index in [0.717, 1.165) is 45.3 Å². The number of morpholine rings is 1. The Labute approximate surface area is 152 Å². The van der Waals surface area contributed by atoms with E-state index in [0.29, 0.717) is 25.3 Å². The van der Waals surface area contributed by atoms with Crippen LogP contribution < -0.4 is 0 Å². The molecule has 0 spiro atoms. The highest BCUT2D eigenvalue weighted by molar-refractivity contribution is 5.76. The topological polar surface area (TPSA) is 42.0 Å². The van der Waals surface area contributed by atoms with Crippen LogP contribution in [-0.2, 0) is 20.7 Å². The summed E-state index contributed by atoms with van der Waals surface area (Å²) in [6, 6.07) is 3.49. The second-order valence-corrected chi connectivity index (χ2v) is 6.83. The Morgan fingerprint density at radius 3 is 2.73 bits per heavy atom. The summed E-state index contributed by atoms with van der Waals surface area (Å²) in [5.74, 6) is -1.21. The Morgan fingerprint density at radius 2 is 1.96 bits per heavy atom. The number of ether oxygens (including phenoxy) is 2. The summed E-state index contributed by atoms with van der Waals surface area (Å²) in [6.07, 6.45) is 1.28. The maximum Gasteiger partial charge on any atom is 0.222 e. The van der Waals surface area contributed by atoms with Gasteiger partial charge in [0.25, 0.3) is 0 Å². The highest BCUT2D eigenvalue weighted by atomic mass is 19.1. The monoisotopic (exact) mass is 368 g/mol. The summed E-state index contributed by atoms with van der Waals surface area (Å²) in [5, 5.41) is 0. The fraction of sp³-hybridized carbons (Fsp3) is 0.632. The van der Waals surface area contributed by atoms with Gasteiger partial charge in [-0.15, -0.1) is 0 Å². The second kappa shape index (κ2) is 9.39. The molecular weight excluding hydrogens is 342 g/mol. The van der Waals surface area contributed by atoms with Gasteiger partial charge in [0.2, 0.25) is 5.91 Å². The summed E-state index contributed by atoms with van der Waals surface area (Å²) in [6.45, 7) is 5.89. The maximum absolute atomic E-state index is 13.7. The van der Waals surface area contributed by atoms with Crippen LogP contribution in [0.15, 0.2) is 18.2 Å². The first-order chi connectivity index (χ1) is 12.6. The first-order valence-electron chi connectivity index (χ1n) is 9.25. The Kier molecular flexibility index (Phi) is 6.93. The maximum atomic E-state index is 13.7. The number of halogens is 2. The van der Waals surface area contributed by atoms with E-state index in [1.807, 2.05) is 4.90 Å². The van der Waals surface area contributed by atoms with Crippen molar-refractivity contribution in [2.24, 2.45) is 0 Å². The third-order valence-electron chi connectivity index (χ3n) is 4.89. The van der Waals surface area contributed by atoms with Crippen molar-refractivity contribution in [1.29, 1.82) is 0 Å². The Hall–Kier alpha value is -1.57. The molecule has 0 radical (unpaired) electrons. The lowest BCUT2D eigenvalue weighted by atomic mass is 10.1. The number of carbonyl (C=O) groups is 1. The molecule has 2 fully saturated rings. The molecule has 3 rings (SSSR count). The van der Waals surface area contributed by atoms with Gasteiger partial charge >= 0.3 is 0 Å². The van der Waals surface area contributed by atoms with Gasteiger partial charge in [-0.2, -0.15) is 0 Å². The highest BCUT2D eigenvalue weighted by Crippen LogP contribution is 2.14. The van der Waals surface area contributed by atoms with Gasteiger partial charge in [0.1, 0.15) is 11.6 Å². The van der Waals surface area contributed by atoms with Crippen LogP contribution in [-0.4, -0.2) is 74.4 Å². The van der Waals surface area contributed by atoms with Gasteiger partial charge in [0.05, 0.1) is 19.3 Å². The molecule has 2 aliphatic heterocycles. The molecule has 0 aliphatic carbocycles.